The van der Waals surface area contributed by atoms with E-state index in [1.165, 1.54) is 0 Å². The minimum atomic E-state index is -0.374. The van der Waals surface area contributed by atoms with Crippen LogP contribution in [0.5, 0.6) is 0 Å². The summed E-state index contributed by atoms with van der Waals surface area (Å²) in [6.45, 7) is 5.54. The number of likely N-dealkylation sites (tertiary alicyclic amines) is 1. The van der Waals surface area contributed by atoms with E-state index in [1.807, 2.05) is 30.9 Å². The lowest BCUT2D eigenvalue weighted by Gasteiger charge is -2.27. The van der Waals surface area contributed by atoms with Crippen molar-refractivity contribution >= 4 is 6.03 Å². The molecule has 2 rings (SSSR count). The Kier molecular flexibility index (Phi) is 5.47. The van der Waals surface area contributed by atoms with Gasteiger partial charge in [-0.1, -0.05) is 0 Å². The number of methoxy groups -OCH3 is 2. The Hall–Kier alpha value is -1.53. The molecule has 124 valence electrons. The Morgan fingerprint density at radius 1 is 1.45 bits per heavy atom. The molecule has 0 aliphatic carbocycles. The van der Waals surface area contributed by atoms with Gasteiger partial charge in [0, 0.05) is 27.3 Å². The first-order valence-electron chi connectivity index (χ1n) is 7.64. The summed E-state index contributed by atoms with van der Waals surface area (Å²) in [5.74, 6) is 1.61. The van der Waals surface area contributed by atoms with E-state index < -0.39 is 0 Å². The lowest BCUT2D eigenvalue weighted by molar-refractivity contribution is 0.0241. The molecule has 1 saturated heterocycles. The fourth-order valence-electron chi connectivity index (χ4n) is 2.56. The molecule has 1 aromatic rings. The molecule has 0 spiro atoms. The molecule has 1 N–H and O–H groups in total. The molecule has 6 nitrogen and oxygen atoms in total. The van der Waals surface area contributed by atoms with Gasteiger partial charge < -0.3 is 24.1 Å². The number of rotatable bonds is 6. The molecule has 0 saturated carbocycles. The summed E-state index contributed by atoms with van der Waals surface area (Å²) < 4.78 is 16.2. The summed E-state index contributed by atoms with van der Waals surface area (Å²) in [6, 6.07) is 3.76. The zero-order valence-electron chi connectivity index (χ0n) is 13.8. The predicted octanol–water partition coefficient (Wildman–Crippen LogP) is 2.70. The van der Waals surface area contributed by atoms with Crippen LogP contribution in [0.3, 0.4) is 0 Å². The molecule has 1 aliphatic rings. The third-order valence-electron chi connectivity index (χ3n) is 4.03. The van der Waals surface area contributed by atoms with Gasteiger partial charge in [-0.2, -0.15) is 0 Å². The fraction of sp³-hybridized carbons (Fsp3) is 0.688. The largest absolute Gasteiger partial charge is 0.461 e. The van der Waals surface area contributed by atoms with Gasteiger partial charge in [-0.15, -0.1) is 0 Å². The monoisotopic (exact) mass is 310 g/mol. The van der Waals surface area contributed by atoms with Crippen LogP contribution in [0.1, 0.15) is 44.3 Å². The second kappa shape index (κ2) is 7.15. The van der Waals surface area contributed by atoms with Crippen LogP contribution in [-0.4, -0.2) is 43.8 Å². The Balaban J connectivity index is 1.98. The quantitative estimate of drug-likeness (QED) is 0.877. The van der Waals surface area contributed by atoms with Crippen LogP contribution in [0.15, 0.2) is 16.5 Å². The molecule has 0 bridgehead atoms. The minimum absolute atomic E-state index is 0.00346. The molecule has 2 amide bonds. The Bertz CT molecular complexity index is 498. The Labute approximate surface area is 131 Å². The first-order chi connectivity index (χ1) is 10.5. The summed E-state index contributed by atoms with van der Waals surface area (Å²) in [5, 5.41) is 2.94. The summed E-state index contributed by atoms with van der Waals surface area (Å²) in [5.41, 5.74) is -0.374. The molecule has 1 atom stereocenters. The van der Waals surface area contributed by atoms with Crippen molar-refractivity contribution in [3.8, 4) is 0 Å². The second-order valence-electron chi connectivity index (χ2n) is 6.21. The average Bonchev–Trinajstić information content (AvgIpc) is 3.13. The molecule has 0 aromatic carbocycles. The lowest BCUT2D eigenvalue weighted by atomic mass is 10.1. The van der Waals surface area contributed by atoms with Gasteiger partial charge >= 0.3 is 6.03 Å². The molecule has 1 aromatic heterocycles. The van der Waals surface area contributed by atoms with Crippen molar-refractivity contribution in [2.75, 3.05) is 27.3 Å². The number of ether oxygens (including phenoxy) is 2. The molecular formula is C16H26N2O4. The van der Waals surface area contributed by atoms with E-state index in [0.29, 0.717) is 13.2 Å². The third kappa shape index (κ3) is 4.01. The molecule has 1 fully saturated rings. The van der Waals surface area contributed by atoms with Gasteiger partial charge in [0.2, 0.25) is 0 Å². The highest BCUT2D eigenvalue weighted by atomic mass is 16.5. The minimum Gasteiger partial charge on any atom is -0.461 e. The number of nitrogens with one attached hydrogen (secondary N) is 1. The van der Waals surface area contributed by atoms with Gasteiger partial charge in [0.05, 0.1) is 11.6 Å². The lowest BCUT2D eigenvalue weighted by Crippen LogP contribution is -2.46. The molecule has 0 radical (unpaired) electrons. The van der Waals surface area contributed by atoms with Crippen LogP contribution in [0.25, 0.3) is 0 Å². The Morgan fingerprint density at radius 3 is 2.91 bits per heavy atom. The molecule has 22 heavy (non-hydrogen) atoms. The number of amides is 2. The first kappa shape index (κ1) is 16.8. The van der Waals surface area contributed by atoms with Gasteiger partial charge in [0.15, 0.2) is 0 Å². The molecule has 2 heterocycles. The van der Waals surface area contributed by atoms with E-state index in [0.717, 1.165) is 30.9 Å². The smallest absolute Gasteiger partial charge is 0.318 e. The van der Waals surface area contributed by atoms with Gasteiger partial charge in [-0.3, -0.25) is 0 Å². The Morgan fingerprint density at radius 2 is 2.23 bits per heavy atom. The van der Waals surface area contributed by atoms with Crippen molar-refractivity contribution < 1.29 is 18.7 Å². The maximum absolute atomic E-state index is 12.4. The van der Waals surface area contributed by atoms with Crippen LogP contribution in [0.4, 0.5) is 4.79 Å². The second-order valence-corrected chi connectivity index (χ2v) is 6.21. The zero-order chi connectivity index (χ0) is 16.2. The van der Waals surface area contributed by atoms with Crippen molar-refractivity contribution in [2.45, 2.75) is 44.9 Å². The number of urea groups is 1. The van der Waals surface area contributed by atoms with Gasteiger partial charge in [-0.25, -0.2) is 4.79 Å². The van der Waals surface area contributed by atoms with E-state index in [4.69, 9.17) is 13.9 Å². The van der Waals surface area contributed by atoms with Crippen molar-refractivity contribution in [1.82, 2.24) is 10.2 Å². The van der Waals surface area contributed by atoms with Crippen LogP contribution >= 0.6 is 0 Å². The summed E-state index contributed by atoms with van der Waals surface area (Å²) >= 11 is 0. The SMILES string of the molecule is COCc1ccc([C@H]2CCCN2C(=O)NCC(C)(C)OC)o1. The van der Waals surface area contributed by atoms with Crippen LogP contribution in [0.2, 0.25) is 0 Å². The van der Waals surface area contributed by atoms with Gasteiger partial charge in [0.25, 0.3) is 0 Å². The van der Waals surface area contributed by atoms with E-state index >= 15 is 0 Å². The highest BCUT2D eigenvalue weighted by Crippen LogP contribution is 2.33. The van der Waals surface area contributed by atoms with E-state index in [-0.39, 0.29) is 17.7 Å². The van der Waals surface area contributed by atoms with E-state index in [1.54, 1.807) is 14.2 Å². The van der Waals surface area contributed by atoms with Crippen molar-refractivity contribution in [1.29, 1.82) is 0 Å². The van der Waals surface area contributed by atoms with Crippen LogP contribution < -0.4 is 5.32 Å². The number of nitrogens with zero attached hydrogens (tertiary/aromatic N) is 1. The maximum atomic E-state index is 12.4. The fourth-order valence-corrected chi connectivity index (χ4v) is 2.56. The maximum Gasteiger partial charge on any atom is 0.318 e. The number of carbonyl (C=O) groups excluding carboxylic acids is 1. The van der Waals surface area contributed by atoms with Gasteiger partial charge in [0.1, 0.15) is 18.1 Å². The summed E-state index contributed by atoms with van der Waals surface area (Å²) in [7, 11) is 3.28. The van der Waals surface area contributed by atoms with E-state index in [9.17, 15) is 4.79 Å². The number of hydrogen-bond acceptors (Lipinski definition) is 4. The topological polar surface area (TPSA) is 63.9 Å². The van der Waals surface area contributed by atoms with Crippen LogP contribution in [-0.2, 0) is 16.1 Å². The van der Waals surface area contributed by atoms with E-state index in [2.05, 4.69) is 5.32 Å². The number of hydrogen-bond donors (Lipinski definition) is 1. The average molecular weight is 310 g/mol. The molecule has 1 aliphatic heterocycles. The zero-order valence-corrected chi connectivity index (χ0v) is 13.8. The van der Waals surface area contributed by atoms with Crippen molar-refractivity contribution in [3.05, 3.63) is 23.7 Å². The van der Waals surface area contributed by atoms with Crippen molar-refractivity contribution in [2.24, 2.45) is 0 Å². The van der Waals surface area contributed by atoms with Crippen LogP contribution in [0, 0.1) is 0 Å². The third-order valence-corrected chi connectivity index (χ3v) is 4.03. The first-order valence-corrected chi connectivity index (χ1v) is 7.64. The van der Waals surface area contributed by atoms with Crippen molar-refractivity contribution in [3.63, 3.8) is 0 Å². The summed E-state index contributed by atoms with van der Waals surface area (Å²) in [6.07, 6.45) is 1.90. The number of furan rings is 1. The normalized spacial score (nSPS) is 18.7. The number of carbonyl (C=O) groups is 1. The highest BCUT2D eigenvalue weighted by Gasteiger charge is 2.32. The predicted molar refractivity (Wildman–Crippen MR) is 82.6 cm³/mol. The van der Waals surface area contributed by atoms with Gasteiger partial charge in [-0.05, 0) is 38.8 Å². The summed E-state index contributed by atoms with van der Waals surface area (Å²) in [4.78, 5) is 14.3. The standard InChI is InChI=1S/C16H26N2O4/c1-16(2,21-4)11-17-15(19)18-9-5-6-13(18)14-8-7-12(22-14)10-20-3/h7-8,13H,5-6,9-11H2,1-4H3,(H,17,19)/t13-/m1/s1. The highest BCUT2D eigenvalue weighted by molar-refractivity contribution is 5.75. The molecule has 6 heteroatoms. The molecule has 0 unspecified atom stereocenters. The molecular weight excluding hydrogens is 284 g/mol.